The maximum Gasteiger partial charge on any atom is 0.262 e. The van der Waals surface area contributed by atoms with Gasteiger partial charge in [-0.05, 0) is 31.8 Å². The van der Waals surface area contributed by atoms with Crippen LogP contribution >= 0.6 is 0 Å². The summed E-state index contributed by atoms with van der Waals surface area (Å²) in [6.45, 7) is 0.395. The first-order valence-corrected chi connectivity index (χ1v) is 5.70. The van der Waals surface area contributed by atoms with Crippen molar-refractivity contribution in [1.29, 1.82) is 0 Å². The fourth-order valence-electron chi connectivity index (χ4n) is 1.79. The van der Waals surface area contributed by atoms with E-state index >= 15 is 0 Å². The Morgan fingerprint density at radius 3 is 2.74 bits per heavy atom. The number of aromatic nitrogens is 2. The average molecular weight is 263 g/mol. The predicted octanol–water partition coefficient (Wildman–Crippen LogP) is 1.34. The normalized spacial score (nSPS) is 10.9. The molecule has 0 amide bonds. The maximum absolute atomic E-state index is 13.1. The molecule has 0 fully saturated rings. The molecule has 1 heterocycles. The fraction of sp³-hybridized carbons (Fsp3) is 0.231. The van der Waals surface area contributed by atoms with Gasteiger partial charge in [0.15, 0.2) is 0 Å². The summed E-state index contributed by atoms with van der Waals surface area (Å²) in [6, 6.07) is 5.46. The van der Waals surface area contributed by atoms with Gasteiger partial charge in [0.1, 0.15) is 17.2 Å². The lowest BCUT2D eigenvalue weighted by molar-refractivity contribution is 0.381. The zero-order valence-corrected chi connectivity index (χ0v) is 10.6. The van der Waals surface area contributed by atoms with Crippen LogP contribution in [0.1, 0.15) is 5.82 Å². The first-order valence-electron chi connectivity index (χ1n) is 5.70. The Kier molecular flexibility index (Phi) is 3.62. The molecule has 19 heavy (non-hydrogen) atoms. The van der Waals surface area contributed by atoms with Crippen molar-refractivity contribution in [3.63, 3.8) is 0 Å². The highest BCUT2D eigenvalue weighted by atomic mass is 19.1. The molecule has 0 aliphatic rings. The lowest BCUT2D eigenvalue weighted by atomic mass is 10.1. The Morgan fingerprint density at radius 1 is 1.42 bits per heavy atom. The van der Waals surface area contributed by atoms with Gasteiger partial charge in [-0.15, -0.1) is 0 Å². The third kappa shape index (κ3) is 2.97. The van der Waals surface area contributed by atoms with Crippen LogP contribution in [0.5, 0.6) is 5.88 Å². The minimum absolute atomic E-state index is 0.0259. The second-order valence-corrected chi connectivity index (χ2v) is 4.46. The van der Waals surface area contributed by atoms with Crippen molar-refractivity contribution in [2.45, 2.75) is 6.54 Å². The topological polar surface area (TPSA) is 69.2 Å². The second kappa shape index (κ2) is 5.19. The number of aromatic amines is 1. The van der Waals surface area contributed by atoms with Gasteiger partial charge in [-0.25, -0.2) is 4.39 Å². The lowest BCUT2D eigenvalue weighted by Crippen LogP contribution is -2.19. The summed E-state index contributed by atoms with van der Waals surface area (Å²) >= 11 is 0. The highest BCUT2D eigenvalue weighted by molar-refractivity contribution is 5.67. The van der Waals surface area contributed by atoms with E-state index in [2.05, 4.69) is 9.97 Å². The van der Waals surface area contributed by atoms with Crippen LogP contribution in [0.2, 0.25) is 0 Å². The van der Waals surface area contributed by atoms with Crippen LogP contribution in [0.3, 0.4) is 0 Å². The fourth-order valence-corrected chi connectivity index (χ4v) is 1.79. The molecule has 0 bridgehead atoms. The van der Waals surface area contributed by atoms with Gasteiger partial charge in [-0.1, -0.05) is 12.1 Å². The second-order valence-electron chi connectivity index (χ2n) is 4.46. The Bertz CT molecular complexity index is 653. The number of halogens is 1. The number of H-pyrrole nitrogens is 1. The average Bonchev–Trinajstić information content (AvgIpc) is 2.26. The molecule has 0 radical (unpaired) electrons. The number of hydrogen-bond donors (Lipinski definition) is 2. The van der Waals surface area contributed by atoms with E-state index in [1.807, 2.05) is 14.1 Å². The quantitative estimate of drug-likeness (QED) is 0.877. The van der Waals surface area contributed by atoms with Gasteiger partial charge in [0.05, 0.1) is 6.54 Å². The monoisotopic (exact) mass is 263 g/mol. The predicted molar refractivity (Wildman–Crippen MR) is 69.3 cm³/mol. The Balaban J connectivity index is 2.51. The molecular formula is C13H14FN3O2. The Morgan fingerprint density at radius 2 is 2.16 bits per heavy atom. The number of nitrogens with zero attached hydrogens (tertiary/aromatic N) is 2. The smallest absolute Gasteiger partial charge is 0.262 e. The molecule has 6 heteroatoms. The van der Waals surface area contributed by atoms with Gasteiger partial charge in [-0.2, -0.15) is 4.98 Å². The maximum atomic E-state index is 13.1. The van der Waals surface area contributed by atoms with Gasteiger partial charge >= 0.3 is 0 Å². The Hall–Kier alpha value is -2.21. The number of rotatable bonds is 3. The standard InChI is InChI=1S/C13H14FN3O2/c1-17(2)7-10-15-12(18)11(13(19)16-10)8-4-3-5-9(14)6-8/h3-6H,7H2,1-2H3,(H2,15,16,18,19). The van der Waals surface area contributed by atoms with Crippen LogP contribution in [0, 0.1) is 5.82 Å². The van der Waals surface area contributed by atoms with Crippen molar-refractivity contribution in [3.8, 4) is 17.0 Å². The van der Waals surface area contributed by atoms with Crippen molar-refractivity contribution in [1.82, 2.24) is 14.9 Å². The van der Waals surface area contributed by atoms with Crippen molar-refractivity contribution in [2.75, 3.05) is 14.1 Å². The van der Waals surface area contributed by atoms with Crippen LogP contribution in [-0.2, 0) is 6.54 Å². The van der Waals surface area contributed by atoms with Crippen LogP contribution in [-0.4, -0.2) is 34.1 Å². The van der Waals surface area contributed by atoms with E-state index in [0.717, 1.165) is 0 Å². The summed E-state index contributed by atoms with van der Waals surface area (Å²) in [5, 5.41) is 9.86. The van der Waals surface area contributed by atoms with Crippen LogP contribution in [0.15, 0.2) is 29.1 Å². The molecule has 1 aromatic heterocycles. The molecule has 0 aliphatic carbocycles. The lowest BCUT2D eigenvalue weighted by Gasteiger charge is -2.10. The van der Waals surface area contributed by atoms with Gasteiger partial charge in [-0.3, -0.25) is 4.79 Å². The first kappa shape index (κ1) is 13.2. The molecule has 100 valence electrons. The highest BCUT2D eigenvalue weighted by Crippen LogP contribution is 2.23. The van der Waals surface area contributed by atoms with E-state index in [-0.39, 0.29) is 5.56 Å². The van der Waals surface area contributed by atoms with E-state index in [1.165, 1.54) is 18.2 Å². The summed E-state index contributed by atoms with van der Waals surface area (Å²) in [4.78, 5) is 20.3. The molecule has 0 saturated carbocycles. The molecule has 0 aliphatic heterocycles. The van der Waals surface area contributed by atoms with Crippen LogP contribution in [0.4, 0.5) is 4.39 Å². The van der Waals surface area contributed by atoms with Crippen molar-refractivity contribution >= 4 is 0 Å². The third-order valence-corrected chi connectivity index (χ3v) is 2.53. The van der Waals surface area contributed by atoms with E-state index in [0.29, 0.717) is 17.9 Å². The van der Waals surface area contributed by atoms with E-state index in [4.69, 9.17) is 0 Å². The summed E-state index contributed by atoms with van der Waals surface area (Å²) < 4.78 is 13.1. The minimum atomic E-state index is -0.491. The van der Waals surface area contributed by atoms with Gasteiger partial charge in [0.25, 0.3) is 5.56 Å². The summed E-state index contributed by atoms with van der Waals surface area (Å²) in [5.41, 5.74) is -0.223. The van der Waals surface area contributed by atoms with Crippen LogP contribution < -0.4 is 5.56 Å². The van der Waals surface area contributed by atoms with Crippen molar-refractivity contribution < 1.29 is 9.50 Å². The number of hydrogen-bond acceptors (Lipinski definition) is 4. The highest BCUT2D eigenvalue weighted by Gasteiger charge is 2.13. The van der Waals surface area contributed by atoms with Gasteiger partial charge in [0.2, 0.25) is 5.88 Å². The van der Waals surface area contributed by atoms with Crippen molar-refractivity contribution in [2.24, 2.45) is 0 Å². The summed E-state index contributed by atoms with van der Waals surface area (Å²) in [6.07, 6.45) is 0. The summed E-state index contributed by atoms with van der Waals surface area (Å²) in [5.74, 6) is -0.521. The molecule has 0 saturated heterocycles. The molecule has 1 aromatic carbocycles. The molecule has 2 N–H and O–H groups in total. The van der Waals surface area contributed by atoms with Crippen molar-refractivity contribution in [3.05, 3.63) is 46.3 Å². The number of aromatic hydroxyl groups is 1. The molecule has 0 spiro atoms. The molecule has 2 rings (SSSR count). The number of nitrogens with one attached hydrogen (secondary N) is 1. The summed E-state index contributed by atoms with van der Waals surface area (Å²) in [7, 11) is 3.63. The SMILES string of the molecule is CN(C)Cc1nc(O)c(-c2cccc(F)c2)c(=O)[nH]1. The molecule has 0 atom stereocenters. The molecular weight excluding hydrogens is 249 g/mol. The van der Waals surface area contributed by atoms with E-state index < -0.39 is 17.3 Å². The molecule has 2 aromatic rings. The largest absolute Gasteiger partial charge is 0.493 e. The minimum Gasteiger partial charge on any atom is -0.493 e. The van der Waals surface area contributed by atoms with Crippen LogP contribution in [0.25, 0.3) is 11.1 Å². The number of benzene rings is 1. The molecule has 5 nitrogen and oxygen atoms in total. The Labute approximate surface area is 109 Å². The first-order chi connectivity index (χ1) is 8.97. The third-order valence-electron chi connectivity index (χ3n) is 2.53. The zero-order chi connectivity index (χ0) is 14.0. The van der Waals surface area contributed by atoms with E-state index in [1.54, 1.807) is 11.0 Å². The van der Waals surface area contributed by atoms with Gasteiger partial charge < -0.3 is 15.0 Å². The molecule has 0 unspecified atom stereocenters. The van der Waals surface area contributed by atoms with E-state index in [9.17, 15) is 14.3 Å². The van der Waals surface area contributed by atoms with Gasteiger partial charge in [0, 0.05) is 0 Å². The zero-order valence-electron chi connectivity index (χ0n) is 10.6.